The highest BCUT2D eigenvalue weighted by Crippen LogP contribution is 2.56. The number of nitrogens with two attached hydrogens (primary N) is 1. The van der Waals surface area contributed by atoms with Gasteiger partial charge in [0.15, 0.2) is 11.4 Å². The standard InChI is InChI=1S/C22H24N2O9.C18H33ClN2O5S.2H2O/c1-21(32)7-5-4-6-8(25)9(7)15(26)10-12(21)17(28)13-14(24(2)3)16(27)11(20(23)31)19(30)22(13,33)18(10)29;1-5-6-10-7-11(21(3)8-10)17(25)20-12(9(2)19)16-14(23)13(22)15(24)18(26-16)27-4;;/h4-6,12-14,17,25,27-29,32-33H,1-3H3,(H2,23,31);9-16,18,22-24H,5-8H2,1-4H3,(H,20,25);2*1H2/t12-,13-,14+,17+,21-,22+;9-,10+,11-,12+,13-,14+,15+,16+,18+;;/m10../s1. The molecule has 3 aliphatic carbocycles. The molecule has 0 spiro atoms. The molecule has 2 heterocycles. The molecule has 2 saturated heterocycles. The Bertz CT molecular complexity index is 1930. The van der Waals surface area contributed by atoms with Crippen molar-refractivity contribution < 1.29 is 80.8 Å². The van der Waals surface area contributed by atoms with Crippen molar-refractivity contribution in [1.29, 1.82) is 0 Å². The zero-order valence-corrected chi connectivity index (χ0v) is 37.0. The Hall–Kier alpha value is -3.42. The number of rotatable bonds is 9. The largest absolute Gasteiger partial charge is 0.510 e. The maximum atomic E-state index is 13.3. The number of Topliss-reactive ketones (excluding diaryl/α,β-unsaturated/α-hetero) is 2. The number of ketones is 2. The summed E-state index contributed by atoms with van der Waals surface area (Å²) in [6, 6.07) is 1.60. The lowest BCUT2D eigenvalue weighted by Crippen LogP contribution is -2.70. The predicted octanol–water partition coefficient (Wildman–Crippen LogP) is -2.50. The minimum atomic E-state index is -3.02. The first-order valence-corrected chi connectivity index (χ1v) is 21.4. The number of aliphatic hydroxyl groups is 8. The van der Waals surface area contributed by atoms with E-state index < -0.39 is 122 Å². The number of nitrogens with one attached hydrogen (secondary N) is 1. The molecule has 1 aromatic rings. The summed E-state index contributed by atoms with van der Waals surface area (Å²) in [6.07, 6.45) is -1.97. The highest BCUT2D eigenvalue weighted by molar-refractivity contribution is 7.99. The number of fused-ring (bicyclic) bond motifs is 3. The van der Waals surface area contributed by atoms with Gasteiger partial charge in [-0.25, -0.2) is 0 Å². The molecule has 0 saturated carbocycles. The monoisotopic (exact) mass is 920 g/mol. The topological polar surface area (TPSA) is 367 Å². The lowest BCUT2D eigenvalue weighted by molar-refractivity contribution is -0.205. The van der Waals surface area contributed by atoms with E-state index in [0.717, 1.165) is 25.8 Å². The van der Waals surface area contributed by atoms with Crippen molar-refractivity contribution in [3.05, 3.63) is 52.0 Å². The molecule has 0 radical (unpaired) electrons. The van der Waals surface area contributed by atoms with Crippen LogP contribution in [-0.2, 0) is 24.7 Å². The first-order chi connectivity index (χ1) is 27.9. The summed E-state index contributed by atoms with van der Waals surface area (Å²) in [7, 11) is 4.79. The number of carbonyl (C=O) groups excluding carboxylic acids is 4. The molecule has 2 amide bonds. The molecule has 16 N–H and O–H groups in total. The summed E-state index contributed by atoms with van der Waals surface area (Å²) < 4.78 is 5.79. The number of likely N-dealkylation sites (N-methyl/N-ethyl adjacent to an activating group) is 2. The second-order valence-corrected chi connectivity index (χ2v) is 18.4. The van der Waals surface area contributed by atoms with Gasteiger partial charge < -0.3 is 72.7 Å². The van der Waals surface area contributed by atoms with Crippen molar-refractivity contribution in [3.8, 4) is 5.75 Å². The number of primary amides is 1. The fraction of sp³-hybridized carbons (Fsp3) is 0.650. The Morgan fingerprint density at radius 1 is 1.06 bits per heavy atom. The Kier molecular flexibility index (Phi) is 16.9. The van der Waals surface area contributed by atoms with Gasteiger partial charge in [-0.2, -0.15) is 0 Å². The van der Waals surface area contributed by atoms with E-state index >= 15 is 0 Å². The Balaban J connectivity index is 0.000000327. The molecule has 6 rings (SSSR count). The molecule has 5 aliphatic rings. The summed E-state index contributed by atoms with van der Waals surface area (Å²) in [4.78, 5) is 54.7. The molecule has 0 unspecified atom stereocenters. The van der Waals surface area contributed by atoms with Crippen LogP contribution in [0.2, 0.25) is 0 Å². The molecular weight excluding hydrogens is 860 g/mol. The number of alkyl halides is 1. The predicted molar refractivity (Wildman–Crippen MR) is 225 cm³/mol. The number of aromatic hydroxyl groups is 1. The van der Waals surface area contributed by atoms with Gasteiger partial charge in [-0.3, -0.25) is 29.0 Å². The number of phenolic OH excluding ortho intramolecular Hbond substituents is 1. The third-order valence-corrected chi connectivity index (χ3v) is 13.8. The van der Waals surface area contributed by atoms with Gasteiger partial charge >= 0.3 is 0 Å². The van der Waals surface area contributed by atoms with Crippen LogP contribution in [0.3, 0.4) is 0 Å². The molecule has 0 bridgehead atoms. The summed E-state index contributed by atoms with van der Waals surface area (Å²) >= 11 is 7.55. The van der Waals surface area contributed by atoms with E-state index in [0.29, 0.717) is 5.92 Å². The van der Waals surface area contributed by atoms with Gasteiger partial charge in [-0.1, -0.05) is 25.5 Å². The molecule has 350 valence electrons. The summed E-state index contributed by atoms with van der Waals surface area (Å²) in [5, 5.41) is 99.5. The summed E-state index contributed by atoms with van der Waals surface area (Å²) in [6.45, 7) is 5.99. The first kappa shape index (κ1) is 52.9. The number of nitrogens with zero attached hydrogens (tertiary/aromatic N) is 2. The number of ether oxygens (including phenoxy) is 1. The van der Waals surface area contributed by atoms with Crippen LogP contribution in [-0.4, -0.2) is 189 Å². The van der Waals surface area contributed by atoms with Gasteiger partial charge in [0.1, 0.15) is 52.7 Å². The van der Waals surface area contributed by atoms with Gasteiger partial charge in [-0.05, 0) is 71.6 Å². The van der Waals surface area contributed by atoms with Gasteiger partial charge in [-0.15, -0.1) is 23.4 Å². The van der Waals surface area contributed by atoms with Crippen LogP contribution >= 0.6 is 23.4 Å². The SMILES string of the molecule is CCC[C@@H]1C[C@@H](C(=O)N[C@@H]([C@H]2O[C@H](SC)[C@H](O)[C@@H](O)[C@H]2O)[C@H](C)Cl)N(C)C1.CN(C)[C@@H]1C(O)=C(C(N)=O)C(=O)[C@@]2(O)C(O)=C3C(=O)c4c(O)cccc4[C@@](C)(O)[C@H]3[C@H](O)[C@@H]12.O.O. The Morgan fingerprint density at radius 2 is 1.68 bits per heavy atom. The van der Waals surface area contributed by atoms with E-state index in [9.17, 15) is 65.1 Å². The number of phenols is 1. The lowest BCUT2D eigenvalue weighted by atomic mass is 9.54. The van der Waals surface area contributed by atoms with Crippen LogP contribution in [0.15, 0.2) is 40.9 Å². The lowest BCUT2D eigenvalue weighted by Gasteiger charge is -2.55. The zero-order valence-electron chi connectivity index (χ0n) is 35.4. The number of benzene rings is 1. The van der Waals surface area contributed by atoms with Crippen molar-refractivity contribution in [2.75, 3.05) is 33.9 Å². The van der Waals surface area contributed by atoms with Crippen molar-refractivity contribution in [1.82, 2.24) is 15.1 Å². The van der Waals surface area contributed by atoms with Crippen molar-refractivity contribution in [3.63, 3.8) is 0 Å². The normalized spacial score (nSPS) is 36.5. The van der Waals surface area contributed by atoms with Crippen molar-refractivity contribution in [2.45, 2.75) is 111 Å². The van der Waals surface area contributed by atoms with Gasteiger partial charge in [0.25, 0.3) is 5.91 Å². The van der Waals surface area contributed by atoms with Crippen LogP contribution in [0.5, 0.6) is 5.75 Å². The molecular formula is C40H61ClN4O16S. The Morgan fingerprint density at radius 3 is 2.21 bits per heavy atom. The molecule has 2 fully saturated rings. The third kappa shape index (κ3) is 8.72. The van der Waals surface area contributed by atoms with E-state index in [1.54, 1.807) is 13.2 Å². The van der Waals surface area contributed by atoms with E-state index in [1.165, 1.54) is 55.9 Å². The minimum Gasteiger partial charge on any atom is -0.510 e. The zero-order chi connectivity index (χ0) is 45.1. The number of likely N-dealkylation sites (tertiary alicyclic amines) is 1. The van der Waals surface area contributed by atoms with Gasteiger partial charge in [0.05, 0.1) is 58.2 Å². The van der Waals surface area contributed by atoms with Crippen LogP contribution in [0.25, 0.3) is 0 Å². The van der Waals surface area contributed by atoms with Crippen LogP contribution in [0.4, 0.5) is 0 Å². The summed E-state index contributed by atoms with van der Waals surface area (Å²) in [5.74, 6) is -9.31. The number of carbonyl (C=O) groups is 4. The van der Waals surface area contributed by atoms with Crippen molar-refractivity contribution >= 4 is 46.7 Å². The smallest absolute Gasteiger partial charge is 0.255 e. The molecule has 22 heteroatoms. The molecule has 0 aromatic heterocycles. The van der Waals surface area contributed by atoms with Crippen molar-refractivity contribution in [2.24, 2.45) is 23.5 Å². The van der Waals surface area contributed by atoms with E-state index in [1.807, 2.05) is 11.9 Å². The number of hydrogen-bond donors (Lipinski definition) is 11. The van der Waals surface area contributed by atoms with Crippen LogP contribution in [0.1, 0.15) is 56.0 Å². The van der Waals surface area contributed by atoms with Gasteiger partial charge in [0, 0.05) is 6.54 Å². The number of thioether (sulfide) groups is 1. The fourth-order valence-electron chi connectivity index (χ4n) is 9.72. The fourth-order valence-corrected chi connectivity index (χ4v) is 10.6. The number of halogens is 1. The quantitative estimate of drug-likeness (QED) is 0.0901. The maximum Gasteiger partial charge on any atom is 0.255 e. The van der Waals surface area contributed by atoms with E-state index in [-0.39, 0.29) is 34.0 Å². The number of amides is 2. The van der Waals surface area contributed by atoms with Crippen LogP contribution < -0.4 is 11.1 Å². The maximum absolute atomic E-state index is 13.3. The number of aliphatic hydroxyl groups excluding tert-OH is 6. The minimum absolute atomic E-state index is 0. The molecule has 20 nitrogen and oxygen atoms in total. The van der Waals surface area contributed by atoms with E-state index in [2.05, 4.69) is 12.2 Å². The highest BCUT2D eigenvalue weighted by Gasteiger charge is 2.69. The summed E-state index contributed by atoms with van der Waals surface area (Å²) in [5.41, 5.74) is -2.58. The highest BCUT2D eigenvalue weighted by atomic mass is 35.5. The molecule has 62 heavy (non-hydrogen) atoms. The van der Waals surface area contributed by atoms with E-state index in [4.69, 9.17) is 22.1 Å². The third-order valence-electron chi connectivity index (χ3n) is 12.7. The van der Waals surface area contributed by atoms with Crippen LogP contribution in [0, 0.1) is 17.8 Å². The average Bonchev–Trinajstić information content (AvgIpc) is 3.54. The van der Waals surface area contributed by atoms with Gasteiger partial charge in [0.2, 0.25) is 11.7 Å². The molecule has 2 aliphatic heterocycles. The number of hydrogen-bond acceptors (Lipinski definition) is 17. The second-order valence-electron chi connectivity index (χ2n) is 16.8. The molecule has 15 atom stereocenters. The molecule has 1 aromatic carbocycles. The first-order valence-electron chi connectivity index (χ1n) is 19.7. The Labute approximate surface area is 367 Å². The average molecular weight is 921 g/mol. The second kappa shape index (κ2) is 19.8.